The first-order valence-corrected chi connectivity index (χ1v) is 8.81. The van der Waals surface area contributed by atoms with Crippen molar-refractivity contribution in [3.63, 3.8) is 0 Å². The zero-order valence-electron chi connectivity index (χ0n) is 13.3. The van der Waals surface area contributed by atoms with Gasteiger partial charge in [0.1, 0.15) is 10.8 Å². The van der Waals surface area contributed by atoms with E-state index < -0.39 is 0 Å². The van der Waals surface area contributed by atoms with E-state index in [1.807, 2.05) is 19.3 Å². The van der Waals surface area contributed by atoms with Crippen molar-refractivity contribution >= 4 is 17.3 Å². The SMILES string of the molecule is Cc1cnc(NC2CCCc3sc(-c4ccc(F)cc4)nc32)nc1. The van der Waals surface area contributed by atoms with Crippen LogP contribution in [0.4, 0.5) is 10.3 Å². The summed E-state index contributed by atoms with van der Waals surface area (Å²) in [6.07, 6.45) is 6.79. The fourth-order valence-electron chi connectivity index (χ4n) is 2.90. The molecule has 2 heterocycles. The Hall–Kier alpha value is -2.34. The molecule has 1 N–H and O–H groups in total. The Morgan fingerprint density at radius 2 is 1.92 bits per heavy atom. The van der Waals surface area contributed by atoms with Crippen molar-refractivity contribution in [2.75, 3.05) is 5.32 Å². The lowest BCUT2D eigenvalue weighted by atomic mass is 9.98. The maximum atomic E-state index is 13.1. The molecule has 1 aliphatic carbocycles. The van der Waals surface area contributed by atoms with Crippen LogP contribution in [0.1, 0.15) is 35.0 Å². The predicted octanol–water partition coefficient (Wildman–Crippen LogP) is 4.54. The Morgan fingerprint density at radius 1 is 1.17 bits per heavy atom. The second-order valence-corrected chi connectivity index (χ2v) is 7.09. The lowest BCUT2D eigenvalue weighted by Gasteiger charge is -2.22. The fraction of sp³-hybridized carbons (Fsp3) is 0.278. The topological polar surface area (TPSA) is 50.7 Å². The molecule has 0 radical (unpaired) electrons. The summed E-state index contributed by atoms with van der Waals surface area (Å²) in [5.41, 5.74) is 3.08. The molecule has 0 aliphatic heterocycles. The normalized spacial score (nSPS) is 16.7. The summed E-state index contributed by atoms with van der Waals surface area (Å²) < 4.78 is 13.1. The number of thiazole rings is 1. The number of hydrogen-bond donors (Lipinski definition) is 1. The second-order valence-electron chi connectivity index (χ2n) is 6.01. The van der Waals surface area contributed by atoms with Crippen LogP contribution in [-0.2, 0) is 6.42 Å². The number of nitrogens with zero attached hydrogens (tertiary/aromatic N) is 3. The van der Waals surface area contributed by atoms with Crippen molar-refractivity contribution in [2.24, 2.45) is 0 Å². The van der Waals surface area contributed by atoms with Gasteiger partial charge in [0.2, 0.25) is 5.95 Å². The number of halogens is 1. The largest absolute Gasteiger partial charge is 0.346 e. The summed E-state index contributed by atoms with van der Waals surface area (Å²) in [4.78, 5) is 14.8. The van der Waals surface area contributed by atoms with Gasteiger partial charge in [-0.1, -0.05) is 0 Å². The third kappa shape index (κ3) is 3.01. The molecular weight excluding hydrogens is 323 g/mol. The minimum atomic E-state index is -0.226. The van der Waals surface area contributed by atoms with Crippen molar-refractivity contribution in [2.45, 2.75) is 32.2 Å². The van der Waals surface area contributed by atoms with Crippen LogP contribution in [0.15, 0.2) is 36.7 Å². The minimum Gasteiger partial charge on any atom is -0.346 e. The van der Waals surface area contributed by atoms with Gasteiger partial charge in [-0.2, -0.15) is 0 Å². The van der Waals surface area contributed by atoms with Gasteiger partial charge < -0.3 is 5.32 Å². The van der Waals surface area contributed by atoms with Gasteiger partial charge in [0, 0.05) is 22.8 Å². The monoisotopic (exact) mass is 340 g/mol. The van der Waals surface area contributed by atoms with Gasteiger partial charge in [-0.25, -0.2) is 19.3 Å². The van der Waals surface area contributed by atoms with E-state index >= 15 is 0 Å². The average Bonchev–Trinajstić information content (AvgIpc) is 3.03. The lowest BCUT2D eigenvalue weighted by molar-refractivity contribution is 0.590. The van der Waals surface area contributed by atoms with Crippen molar-refractivity contribution in [3.8, 4) is 10.6 Å². The van der Waals surface area contributed by atoms with Crippen molar-refractivity contribution in [3.05, 3.63) is 58.6 Å². The number of fused-ring (bicyclic) bond motifs is 1. The van der Waals surface area contributed by atoms with Crippen LogP contribution in [0.25, 0.3) is 10.6 Å². The molecule has 1 aromatic carbocycles. The van der Waals surface area contributed by atoms with E-state index in [1.54, 1.807) is 23.5 Å². The Bertz CT molecular complexity index is 842. The number of benzene rings is 1. The quantitative estimate of drug-likeness (QED) is 0.761. The van der Waals surface area contributed by atoms with E-state index in [9.17, 15) is 4.39 Å². The highest BCUT2D eigenvalue weighted by atomic mass is 32.1. The standard InChI is InChI=1S/C18H17FN4S/c1-11-9-20-18(21-10-11)22-14-3-2-4-15-16(14)23-17(24-15)12-5-7-13(19)8-6-12/h5-10,14H,2-4H2,1H3,(H,20,21,22). The third-order valence-electron chi connectivity index (χ3n) is 4.13. The van der Waals surface area contributed by atoms with Gasteiger partial charge in [-0.05, 0) is 56.0 Å². The van der Waals surface area contributed by atoms with E-state index in [0.29, 0.717) is 5.95 Å². The minimum absolute atomic E-state index is 0.127. The number of nitrogens with one attached hydrogen (secondary N) is 1. The molecule has 0 amide bonds. The smallest absolute Gasteiger partial charge is 0.223 e. The molecule has 122 valence electrons. The highest BCUT2D eigenvalue weighted by Crippen LogP contribution is 2.38. The molecular formula is C18H17FN4S. The summed E-state index contributed by atoms with van der Waals surface area (Å²) in [6, 6.07) is 6.65. The van der Waals surface area contributed by atoms with Gasteiger partial charge in [0.05, 0.1) is 11.7 Å². The molecule has 1 unspecified atom stereocenters. The zero-order chi connectivity index (χ0) is 16.5. The maximum Gasteiger partial charge on any atom is 0.223 e. The van der Waals surface area contributed by atoms with Gasteiger partial charge in [0.15, 0.2) is 0 Å². The van der Waals surface area contributed by atoms with Gasteiger partial charge in [0.25, 0.3) is 0 Å². The molecule has 2 aromatic heterocycles. The van der Waals surface area contributed by atoms with Crippen molar-refractivity contribution in [1.29, 1.82) is 0 Å². The number of aryl methyl sites for hydroxylation is 2. The molecule has 1 aliphatic rings. The van der Waals surface area contributed by atoms with Gasteiger partial charge in [-0.3, -0.25) is 0 Å². The molecule has 4 rings (SSSR count). The first kappa shape index (κ1) is 15.2. The van der Waals surface area contributed by atoms with E-state index in [2.05, 4.69) is 15.3 Å². The van der Waals surface area contributed by atoms with Gasteiger partial charge in [-0.15, -0.1) is 11.3 Å². The number of hydrogen-bond acceptors (Lipinski definition) is 5. The number of aromatic nitrogens is 3. The number of anilines is 1. The lowest BCUT2D eigenvalue weighted by Crippen LogP contribution is -2.18. The van der Waals surface area contributed by atoms with Crippen LogP contribution in [0.3, 0.4) is 0 Å². The van der Waals surface area contributed by atoms with Crippen LogP contribution in [-0.4, -0.2) is 15.0 Å². The van der Waals surface area contributed by atoms with Crippen LogP contribution in [0.5, 0.6) is 0 Å². The van der Waals surface area contributed by atoms with Crippen LogP contribution in [0.2, 0.25) is 0 Å². The summed E-state index contributed by atoms with van der Waals surface area (Å²) in [5.74, 6) is 0.408. The van der Waals surface area contributed by atoms with Crippen molar-refractivity contribution < 1.29 is 4.39 Å². The molecule has 0 saturated heterocycles. The van der Waals surface area contributed by atoms with E-state index in [-0.39, 0.29) is 11.9 Å². The van der Waals surface area contributed by atoms with Crippen LogP contribution in [0, 0.1) is 12.7 Å². The number of rotatable bonds is 3. The van der Waals surface area contributed by atoms with E-state index in [4.69, 9.17) is 4.98 Å². The molecule has 24 heavy (non-hydrogen) atoms. The Morgan fingerprint density at radius 3 is 2.67 bits per heavy atom. The Labute approximate surface area is 143 Å². The summed E-state index contributed by atoms with van der Waals surface area (Å²) in [6.45, 7) is 1.97. The van der Waals surface area contributed by atoms with Crippen LogP contribution < -0.4 is 5.32 Å². The predicted molar refractivity (Wildman–Crippen MR) is 93.6 cm³/mol. The molecule has 1 atom stereocenters. The maximum absolute atomic E-state index is 13.1. The fourth-order valence-corrected chi connectivity index (χ4v) is 4.07. The zero-order valence-corrected chi connectivity index (χ0v) is 14.1. The molecule has 3 aromatic rings. The van der Waals surface area contributed by atoms with Crippen molar-refractivity contribution in [1.82, 2.24) is 15.0 Å². The Kier molecular flexibility index (Phi) is 3.98. The molecule has 0 spiro atoms. The molecule has 0 saturated carbocycles. The molecule has 0 fully saturated rings. The second kappa shape index (κ2) is 6.28. The summed E-state index contributed by atoms with van der Waals surface area (Å²) >= 11 is 1.70. The third-order valence-corrected chi connectivity index (χ3v) is 5.31. The van der Waals surface area contributed by atoms with E-state index in [1.165, 1.54) is 17.0 Å². The molecule has 0 bridgehead atoms. The molecule has 6 heteroatoms. The summed E-state index contributed by atoms with van der Waals surface area (Å²) in [7, 11) is 0. The van der Waals surface area contributed by atoms with E-state index in [0.717, 1.165) is 41.1 Å². The van der Waals surface area contributed by atoms with Gasteiger partial charge >= 0.3 is 0 Å². The first-order valence-electron chi connectivity index (χ1n) is 8.00. The molecule has 4 nitrogen and oxygen atoms in total. The summed E-state index contributed by atoms with van der Waals surface area (Å²) in [5, 5.41) is 4.34. The Balaban J connectivity index is 1.62. The van der Waals surface area contributed by atoms with Crippen LogP contribution >= 0.6 is 11.3 Å². The highest BCUT2D eigenvalue weighted by Gasteiger charge is 2.25. The first-order chi connectivity index (χ1) is 11.7. The average molecular weight is 340 g/mol. The highest BCUT2D eigenvalue weighted by molar-refractivity contribution is 7.15.